The third-order valence-corrected chi connectivity index (χ3v) is 5.77. The fourth-order valence-corrected chi connectivity index (χ4v) is 4.06. The molecule has 0 atom stereocenters. The average Bonchev–Trinajstić information content (AvgIpc) is 2.72. The van der Waals surface area contributed by atoms with E-state index in [-0.39, 0.29) is 18.9 Å². The Kier molecular flexibility index (Phi) is 7.31. The number of nitrogens with zero attached hydrogens (tertiary/aromatic N) is 1. The molecule has 3 rings (SSSR count). The Hall–Kier alpha value is -3.32. The summed E-state index contributed by atoms with van der Waals surface area (Å²) in [5.74, 6) is 1.24. The highest BCUT2D eigenvalue weighted by Crippen LogP contribution is 2.23. The highest BCUT2D eigenvalue weighted by Gasteiger charge is 2.17. The zero-order valence-electron chi connectivity index (χ0n) is 17.6. The summed E-state index contributed by atoms with van der Waals surface area (Å²) >= 11 is 0. The van der Waals surface area contributed by atoms with Gasteiger partial charge in [-0.3, -0.25) is 9.10 Å². The number of anilines is 2. The van der Waals surface area contributed by atoms with Gasteiger partial charge in [-0.25, -0.2) is 8.42 Å². The van der Waals surface area contributed by atoms with Crippen LogP contribution in [0.4, 0.5) is 11.4 Å². The van der Waals surface area contributed by atoms with E-state index in [0.717, 1.165) is 11.3 Å². The highest BCUT2D eigenvalue weighted by atomic mass is 32.2. The summed E-state index contributed by atoms with van der Waals surface area (Å²) < 4.78 is 31.4. The van der Waals surface area contributed by atoms with Gasteiger partial charge in [0.05, 0.1) is 11.9 Å². The molecule has 0 fully saturated rings. The highest BCUT2D eigenvalue weighted by molar-refractivity contribution is 7.92. The molecule has 7 heteroatoms. The maximum atomic E-state index is 12.3. The van der Waals surface area contributed by atoms with Crippen LogP contribution in [0.3, 0.4) is 0 Å². The molecule has 6 nitrogen and oxygen atoms in total. The van der Waals surface area contributed by atoms with Gasteiger partial charge in [0.2, 0.25) is 15.9 Å². The Morgan fingerprint density at radius 2 is 1.61 bits per heavy atom. The van der Waals surface area contributed by atoms with Crippen LogP contribution in [0.2, 0.25) is 0 Å². The second-order valence-electron chi connectivity index (χ2n) is 7.27. The van der Waals surface area contributed by atoms with Crippen LogP contribution < -0.4 is 14.4 Å². The molecule has 0 aliphatic heterocycles. The first-order valence-corrected chi connectivity index (χ1v) is 11.8. The molecule has 0 spiro atoms. The molecular weight excluding hydrogens is 412 g/mol. The van der Waals surface area contributed by atoms with E-state index in [1.54, 1.807) is 30.3 Å². The van der Waals surface area contributed by atoms with Gasteiger partial charge in [0, 0.05) is 18.7 Å². The summed E-state index contributed by atoms with van der Waals surface area (Å²) in [6, 6.07) is 23.9. The summed E-state index contributed by atoms with van der Waals surface area (Å²) in [6.45, 7) is 2.15. The lowest BCUT2D eigenvalue weighted by atomic mass is 10.2. The monoisotopic (exact) mass is 438 g/mol. The van der Waals surface area contributed by atoms with Gasteiger partial charge >= 0.3 is 0 Å². The third-order valence-electron chi connectivity index (χ3n) is 4.57. The van der Waals surface area contributed by atoms with Crippen LogP contribution in [-0.2, 0) is 14.8 Å². The molecule has 162 valence electrons. The van der Waals surface area contributed by atoms with Crippen LogP contribution in [0, 0.1) is 6.92 Å². The van der Waals surface area contributed by atoms with E-state index in [4.69, 9.17) is 4.74 Å². The molecule has 0 aromatic heterocycles. The molecule has 3 aromatic rings. The van der Waals surface area contributed by atoms with E-state index in [1.807, 2.05) is 55.5 Å². The zero-order chi connectivity index (χ0) is 22.3. The number of nitrogens with one attached hydrogen (secondary N) is 1. The minimum Gasteiger partial charge on any atom is -0.457 e. The first kappa shape index (κ1) is 22.4. The SMILES string of the molecule is Cc1cccc(N(CCCC(=O)Nc2ccc(Oc3ccccc3)cc2)S(C)(=O)=O)c1. The number of carbonyl (C=O) groups excluding carboxylic acids is 1. The molecule has 0 radical (unpaired) electrons. The maximum absolute atomic E-state index is 12.3. The summed E-state index contributed by atoms with van der Waals surface area (Å²) in [5, 5.41) is 2.83. The van der Waals surface area contributed by atoms with Gasteiger partial charge in [0.1, 0.15) is 11.5 Å². The van der Waals surface area contributed by atoms with Gasteiger partial charge in [-0.05, 0) is 67.4 Å². The molecule has 0 heterocycles. The molecule has 0 saturated heterocycles. The van der Waals surface area contributed by atoms with E-state index in [1.165, 1.54) is 10.6 Å². The molecule has 1 N–H and O–H groups in total. The molecule has 0 unspecified atom stereocenters. The van der Waals surface area contributed by atoms with Crippen molar-refractivity contribution < 1.29 is 17.9 Å². The lowest BCUT2D eigenvalue weighted by Gasteiger charge is -2.22. The van der Waals surface area contributed by atoms with Crippen molar-refractivity contribution in [1.82, 2.24) is 0 Å². The molecule has 0 saturated carbocycles. The zero-order valence-corrected chi connectivity index (χ0v) is 18.4. The van der Waals surface area contributed by atoms with Gasteiger partial charge < -0.3 is 10.1 Å². The van der Waals surface area contributed by atoms with Crippen molar-refractivity contribution in [2.75, 3.05) is 22.4 Å². The average molecular weight is 439 g/mol. The predicted octanol–water partition coefficient (Wildman–Crippen LogP) is 4.97. The molecule has 3 aromatic carbocycles. The second kappa shape index (κ2) is 10.1. The molecule has 0 aliphatic rings. The van der Waals surface area contributed by atoms with E-state index in [2.05, 4.69) is 5.32 Å². The number of hydrogen-bond acceptors (Lipinski definition) is 4. The Morgan fingerprint density at radius 1 is 0.935 bits per heavy atom. The Labute approximate surface area is 183 Å². The minimum absolute atomic E-state index is 0.172. The van der Waals surface area contributed by atoms with Gasteiger partial charge in [-0.2, -0.15) is 0 Å². The number of para-hydroxylation sites is 1. The smallest absolute Gasteiger partial charge is 0.232 e. The van der Waals surface area contributed by atoms with Crippen LogP contribution in [0.25, 0.3) is 0 Å². The summed E-state index contributed by atoms with van der Waals surface area (Å²) in [6.07, 6.45) is 1.79. The number of ether oxygens (including phenoxy) is 1. The quantitative estimate of drug-likeness (QED) is 0.512. The van der Waals surface area contributed by atoms with Gasteiger partial charge in [-0.1, -0.05) is 30.3 Å². The normalized spacial score (nSPS) is 11.0. The standard InChI is InChI=1S/C24H26N2O4S/c1-19-8-6-9-21(18-19)26(31(2,28)29)17-7-12-24(27)25-20-13-15-23(16-14-20)30-22-10-4-3-5-11-22/h3-6,8-11,13-16,18H,7,12,17H2,1-2H3,(H,25,27). The van der Waals surface area contributed by atoms with Crippen LogP contribution in [0.5, 0.6) is 11.5 Å². The van der Waals surface area contributed by atoms with Crippen LogP contribution >= 0.6 is 0 Å². The number of amides is 1. The van der Waals surface area contributed by atoms with E-state index >= 15 is 0 Å². The van der Waals surface area contributed by atoms with E-state index in [0.29, 0.717) is 23.5 Å². The van der Waals surface area contributed by atoms with E-state index in [9.17, 15) is 13.2 Å². The van der Waals surface area contributed by atoms with Crippen molar-refractivity contribution in [2.24, 2.45) is 0 Å². The Bertz CT molecular complexity index is 1110. The summed E-state index contributed by atoms with van der Waals surface area (Å²) in [7, 11) is -3.43. The van der Waals surface area contributed by atoms with Crippen molar-refractivity contribution in [3.63, 3.8) is 0 Å². The molecular formula is C24H26N2O4S. The molecule has 31 heavy (non-hydrogen) atoms. The van der Waals surface area contributed by atoms with Crippen LogP contribution in [-0.4, -0.2) is 27.1 Å². The Balaban J connectivity index is 1.52. The number of carbonyl (C=O) groups is 1. The topological polar surface area (TPSA) is 75.7 Å². The fraction of sp³-hybridized carbons (Fsp3) is 0.208. The van der Waals surface area contributed by atoms with Gasteiger partial charge in [-0.15, -0.1) is 0 Å². The van der Waals surface area contributed by atoms with Gasteiger partial charge in [0.15, 0.2) is 0 Å². The molecule has 0 aliphatic carbocycles. The first-order valence-electron chi connectivity index (χ1n) is 9.98. The van der Waals surface area contributed by atoms with Crippen LogP contribution in [0.15, 0.2) is 78.9 Å². The van der Waals surface area contributed by atoms with Crippen molar-refractivity contribution in [3.05, 3.63) is 84.4 Å². The summed E-state index contributed by atoms with van der Waals surface area (Å²) in [4.78, 5) is 12.3. The summed E-state index contributed by atoms with van der Waals surface area (Å²) in [5.41, 5.74) is 2.24. The van der Waals surface area contributed by atoms with Crippen molar-refractivity contribution in [2.45, 2.75) is 19.8 Å². The Morgan fingerprint density at radius 3 is 2.26 bits per heavy atom. The number of aryl methyl sites for hydroxylation is 1. The second-order valence-corrected chi connectivity index (χ2v) is 9.17. The fourth-order valence-electron chi connectivity index (χ4n) is 3.11. The van der Waals surface area contributed by atoms with Crippen LogP contribution in [0.1, 0.15) is 18.4 Å². The number of rotatable bonds is 9. The van der Waals surface area contributed by atoms with Gasteiger partial charge in [0.25, 0.3) is 0 Å². The van der Waals surface area contributed by atoms with E-state index < -0.39 is 10.0 Å². The largest absolute Gasteiger partial charge is 0.457 e. The minimum atomic E-state index is -3.43. The lowest BCUT2D eigenvalue weighted by molar-refractivity contribution is -0.116. The molecule has 0 bridgehead atoms. The number of hydrogen-bond donors (Lipinski definition) is 1. The first-order chi connectivity index (χ1) is 14.8. The number of benzene rings is 3. The van der Waals surface area contributed by atoms with Crippen molar-refractivity contribution in [1.29, 1.82) is 0 Å². The predicted molar refractivity (Wildman–Crippen MR) is 124 cm³/mol. The lowest BCUT2D eigenvalue weighted by Crippen LogP contribution is -2.31. The number of sulfonamides is 1. The molecule has 1 amide bonds. The maximum Gasteiger partial charge on any atom is 0.232 e. The van der Waals surface area contributed by atoms with Crippen molar-refractivity contribution >= 4 is 27.3 Å². The third kappa shape index (κ3) is 6.86. The van der Waals surface area contributed by atoms with Crippen molar-refractivity contribution in [3.8, 4) is 11.5 Å².